The first-order valence-corrected chi connectivity index (χ1v) is 7.76. The summed E-state index contributed by atoms with van der Waals surface area (Å²) >= 11 is 0. The Labute approximate surface area is 196 Å². The first-order valence-electron chi connectivity index (χ1n) is 7.76. The van der Waals surface area contributed by atoms with Gasteiger partial charge in [0.05, 0.1) is 23.9 Å². The molecule has 0 aromatic heterocycles. The molecule has 0 saturated carbocycles. The molecule has 28 heavy (non-hydrogen) atoms. The van der Waals surface area contributed by atoms with Gasteiger partial charge < -0.3 is 39.6 Å². The Morgan fingerprint density at radius 3 is 1.11 bits per heavy atom. The fraction of sp³-hybridized carbons (Fsp3) is 0.333. The maximum Gasteiger partial charge on any atom is 2.00 e. The topological polar surface area (TPSA) is 161 Å². The van der Waals surface area contributed by atoms with Gasteiger partial charge in [0.2, 0.25) is 0 Å². The number of carbonyl (C=O) groups excluding carboxylic acids is 4. The van der Waals surface area contributed by atoms with Crippen LogP contribution in [0.2, 0.25) is 0 Å². The monoisotopic (exact) mass is 412 g/mol. The molecule has 0 fully saturated rings. The average Bonchev–Trinajstić information content (AvgIpc) is 2.53. The number of aliphatic carboxylic acids is 4. The van der Waals surface area contributed by atoms with Gasteiger partial charge in [0.25, 0.3) is 0 Å². The summed E-state index contributed by atoms with van der Waals surface area (Å²) in [6, 6.07) is 0. The molecule has 0 saturated heterocycles. The standard InChI is InChI=1S/2C9H12O4.2Mg/c2*1-2-3-4-5-7(9(12)13)6-8(10)11;;/h2*4-6H,2-3H2,1H3,(H,10,11)(H,12,13);;/q;;2*+2/p-4/b2*5-4?,7-6-;;. The minimum Gasteiger partial charge on any atom is -0.545 e. The Kier molecular flexibility index (Phi) is 26.3. The molecule has 0 amide bonds. The second kappa shape index (κ2) is 21.7. The van der Waals surface area contributed by atoms with Crippen LogP contribution in [0.1, 0.15) is 39.5 Å². The fourth-order valence-corrected chi connectivity index (χ4v) is 1.36. The van der Waals surface area contributed by atoms with Crippen molar-refractivity contribution in [3.8, 4) is 0 Å². The molecule has 0 bridgehead atoms. The normalized spacial score (nSPS) is 11.1. The number of unbranched alkanes of at least 4 members (excludes halogenated alkanes) is 2. The third kappa shape index (κ3) is 22.4. The van der Waals surface area contributed by atoms with E-state index in [1.165, 1.54) is 12.2 Å². The number of hydrogen-bond donors (Lipinski definition) is 0. The van der Waals surface area contributed by atoms with Crippen molar-refractivity contribution in [1.82, 2.24) is 0 Å². The Hall–Kier alpha value is -1.63. The maximum absolute atomic E-state index is 10.3. The van der Waals surface area contributed by atoms with Crippen LogP contribution in [-0.2, 0) is 19.2 Å². The van der Waals surface area contributed by atoms with Gasteiger partial charge in [-0.2, -0.15) is 0 Å². The Morgan fingerprint density at radius 2 is 0.929 bits per heavy atom. The molecule has 0 aromatic rings. The Bertz CT molecular complexity index is 565. The van der Waals surface area contributed by atoms with Gasteiger partial charge >= 0.3 is 46.1 Å². The van der Waals surface area contributed by atoms with Crippen LogP contribution in [0.15, 0.2) is 47.6 Å². The van der Waals surface area contributed by atoms with E-state index >= 15 is 0 Å². The van der Waals surface area contributed by atoms with Crippen molar-refractivity contribution < 1.29 is 39.6 Å². The SMILES string of the molecule is CCCC=C/C(=C/C(=O)[O-])C(=O)[O-].CCCC=C/C(=C/C(=O)[O-])C(=O)[O-].[Mg+2].[Mg+2]. The second-order valence-electron chi connectivity index (χ2n) is 4.79. The van der Waals surface area contributed by atoms with Crippen LogP contribution in [0.4, 0.5) is 0 Å². The van der Waals surface area contributed by atoms with E-state index in [1.54, 1.807) is 12.2 Å². The van der Waals surface area contributed by atoms with Crippen molar-refractivity contribution >= 4 is 70.0 Å². The molecule has 10 heteroatoms. The largest absolute Gasteiger partial charge is 2.00 e. The van der Waals surface area contributed by atoms with Crippen LogP contribution in [0.5, 0.6) is 0 Å². The predicted octanol–water partition coefficient (Wildman–Crippen LogP) is -3.22. The molecule has 0 heterocycles. The molecule has 0 aromatic carbocycles. The van der Waals surface area contributed by atoms with Crippen molar-refractivity contribution in [2.45, 2.75) is 39.5 Å². The minimum atomic E-state index is -1.54. The molecule has 0 spiro atoms. The zero-order chi connectivity index (χ0) is 20.5. The number of carboxylic acids is 4. The third-order valence-corrected chi connectivity index (χ3v) is 2.52. The van der Waals surface area contributed by atoms with Crippen molar-refractivity contribution in [1.29, 1.82) is 0 Å². The molecule has 0 aliphatic rings. The summed E-state index contributed by atoms with van der Waals surface area (Å²) in [5.74, 6) is -6.12. The summed E-state index contributed by atoms with van der Waals surface area (Å²) < 4.78 is 0. The molecule has 0 unspecified atom stereocenters. The number of rotatable bonds is 10. The molecule has 144 valence electrons. The van der Waals surface area contributed by atoms with Crippen molar-refractivity contribution in [3.63, 3.8) is 0 Å². The van der Waals surface area contributed by atoms with Gasteiger partial charge in [0.15, 0.2) is 0 Å². The smallest absolute Gasteiger partial charge is 0.545 e. The van der Waals surface area contributed by atoms with Crippen LogP contribution in [0.25, 0.3) is 0 Å². The van der Waals surface area contributed by atoms with Crippen molar-refractivity contribution in [3.05, 3.63) is 47.6 Å². The van der Waals surface area contributed by atoms with E-state index in [0.29, 0.717) is 25.0 Å². The van der Waals surface area contributed by atoms with Crippen LogP contribution < -0.4 is 20.4 Å². The molecule has 0 atom stereocenters. The van der Waals surface area contributed by atoms with Gasteiger partial charge in [-0.05, 0) is 36.1 Å². The van der Waals surface area contributed by atoms with Gasteiger partial charge in [-0.25, -0.2) is 0 Å². The van der Waals surface area contributed by atoms with E-state index in [2.05, 4.69) is 0 Å². The molecular weight excluding hydrogens is 393 g/mol. The summed E-state index contributed by atoms with van der Waals surface area (Å²) in [5.41, 5.74) is -0.762. The van der Waals surface area contributed by atoms with Gasteiger partial charge in [0, 0.05) is 0 Å². The number of hydrogen-bond acceptors (Lipinski definition) is 8. The Balaban J connectivity index is -0.000000192. The maximum atomic E-state index is 10.3. The van der Waals surface area contributed by atoms with E-state index in [0.717, 1.165) is 12.8 Å². The summed E-state index contributed by atoms with van der Waals surface area (Å²) in [4.78, 5) is 40.7. The quantitative estimate of drug-likeness (QED) is 0.205. The molecular formula is C18H20Mg2O8. The second-order valence-corrected chi connectivity index (χ2v) is 4.79. The first-order chi connectivity index (χ1) is 12.1. The van der Waals surface area contributed by atoms with Crippen LogP contribution >= 0.6 is 0 Å². The van der Waals surface area contributed by atoms with E-state index < -0.39 is 23.9 Å². The zero-order valence-corrected chi connectivity index (χ0v) is 18.8. The van der Waals surface area contributed by atoms with Crippen molar-refractivity contribution in [2.24, 2.45) is 0 Å². The molecule has 0 radical (unpaired) electrons. The van der Waals surface area contributed by atoms with E-state index in [-0.39, 0.29) is 57.3 Å². The Morgan fingerprint density at radius 1 is 0.643 bits per heavy atom. The minimum absolute atomic E-state index is 0. The van der Waals surface area contributed by atoms with E-state index in [4.69, 9.17) is 0 Å². The summed E-state index contributed by atoms with van der Waals surface area (Å²) in [5, 5.41) is 40.7. The van der Waals surface area contributed by atoms with E-state index in [9.17, 15) is 39.6 Å². The fourth-order valence-electron chi connectivity index (χ4n) is 1.36. The number of carboxylic acid groups (broad SMARTS) is 4. The first kappa shape index (κ1) is 33.9. The van der Waals surface area contributed by atoms with Crippen LogP contribution in [-0.4, -0.2) is 70.0 Å². The van der Waals surface area contributed by atoms with Gasteiger partial charge in [0.1, 0.15) is 0 Å². The van der Waals surface area contributed by atoms with E-state index in [1.807, 2.05) is 13.8 Å². The van der Waals surface area contributed by atoms with Gasteiger partial charge in [-0.3, -0.25) is 0 Å². The molecule has 0 N–H and O–H groups in total. The summed E-state index contributed by atoms with van der Waals surface area (Å²) in [7, 11) is 0. The zero-order valence-electron chi connectivity index (χ0n) is 16.0. The third-order valence-electron chi connectivity index (χ3n) is 2.52. The molecule has 0 rings (SSSR count). The average molecular weight is 413 g/mol. The summed E-state index contributed by atoms with van der Waals surface area (Å²) in [6.07, 6.45) is 9.67. The molecule has 0 aliphatic carbocycles. The van der Waals surface area contributed by atoms with Crippen LogP contribution in [0, 0.1) is 0 Å². The van der Waals surface area contributed by atoms with Crippen molar-refractivity contribution in [2.75, 3.05) is 0 Å². The predicted molar refractivity (Wildman–Crippen MR) is 95.8 cm³/mol. The number of carbonyl (C=O) groups is 4. The van der Waals surface area contributed by atoms with Gasteiger partial charge in [-0.1, -0.05) is 51.0 Å². The molecule has 0 aliphatic heterocycles. The van der Waals surface area contributed by atoms with Gasteiger partial charge in [-0.15, -0.1) is 0 Å². The molecule has 8 nitrogen and oxygen atoms in total. The number of allylic oxidation sites excluding steroid dienone is 2. The summed E-state index contributed by atoms with van der Waals surface area (Å²) in [6.45, 7) is 3.84. The van der Waals surface area contributed by atoms with Crippen LogP contribution in [0.3, 0.4) is 0 Å².